The molecule has 150 valence electrons. The average Bonchev–Trinajstić information content (AvgIpc) is 3.05. The van der Waals surface area contributed by atoms with Crippen molar-refractivity contribution in [2.45, 2.75) is 25.9 Å². The van der Waals surface area contributed by atoms with Crippen LogP contribution in [-0.2, 0) is 18.4 Å². The molecule has 1 amide bonds. The molecule has 2 heterocycles. The Bertz CT molecular complexity index is 1050. The van der Waals surface area contributed by atoms with E-state index in [0.717, 1.165) is 30.2 Å². The van der Waals surface area contributed by atoms with Crippen LogP contribution >= 0.6 is 11.6 Å². The zero-order valence-corrected chi connectivity index (χ0v) is 17.1. The van der Waals surface area contributed by atoms with Crippen LogP contribution < -0.4 is 4.74 Å². The molecule has 4 rings (SSSR count). The topological polar surface area (TPSA) is 51.5 Å². The number of hydrogen-bond donors (Lipinski definition) is 0. The van der Waals surface area contributed by atoms with Gasteiger partial charge in [0.15, 0.2) is 0 Å². The van der Waals surface area contributed by atoms with Gasteiger partial charge >= 0.3 is 0 Å². The Morgan fingerprint density at radius 1 is 1.00 bits per heavy atom. The van der Waals surface area contributed by atoms with Crippen LogP contribution in [0.5, 0.6) is 5.75 Å². The third-order valence-electron chi connectivity index (χ3n) is 5.48. The van der Waals surface area contributed by atoms with E-state index in [-0.39, 0.29) is 6.61 Å². The molecule has 3 aromatic rings. The van der Waals surface area contributed by atoms with Crippen LogP contribution in [0.3, 0.4) is 0 Å². The first-order valence-electron chi connectivity index (χ1n) is 9.84. The molecule has 29 heavy (non-hydrogen) atoms. The Morgan fingerprint density at radius 2 is 1.69 bits per heavy atom. The van der Waals surface area contributed by atoms with Gasteiger partial charge in [0.1, 0.15) is 12.4 Å². The number of amides is 1. The van der Waals surface area contributed by atoms with Crippen LogP contribution in [0.25, 0.3) is 10.9 Å². The molecule has 0 N–H and O–H groups in total. The van der Waals surface area contributed by atoms with E-state index in [1.807, 2.05) is 35.9 Å². The lowest BCUT2D eigenvalue weighted by Crippen LogP contribution is -2.40. The summed E-state index contributed by atoms with van der Waals surface area (Å²) in [5.74, 6) is -0.229. The minimum Gasteiger partial charge on any atom is -0.487 e. The predicted octanol–water partition coefficient (Wildman–Crippen LogP) is 4.61. The van der Waals surface area contributed by atoms with Gasteiger partial charge in [-0.3, -0.25) is 9.59 Å². The third-order valence-corrected chi connectivity index (χ3v) is 5.73. The molecule has 0 radical (unpaired) electrons. The number of rotatable bonds is 5. The monoisotopic (exact) mass is 410 g/mol. The van der Waals surface area contributed by atoms with Gasteiger partial charge in [-0.05, 0) is 49.6 Å². The molecule has 1 aliphatic heterocycles. The fourth-order valence-corrected chi connectivity index (χ4v) is 4.02. The second-order valence-electron chi connectivity index (χ2n) is 7.32. The molecular weight excluding hydrogens is 388 g/mol. The van der Waals surface area contributed by atoms with Gasteiger partial charge in [0.05, 0.1) is 11.3 Å². The molecule has 0 atom stereocenters. The van der Waals surface area contributed by atoms with E-state index < -0.39 is 11.7 Å². The van der Waals surface area contributed by atoms with E-state index in [2.05, 4.69) is 0 Å². The average molecular weight is 411 g/mol. The van der Waals surface area contributed by atoms with Crippen molar-refractivity contribution in [3.8, 4) is 5.75 Å². The number of fused-ring (bicyclic) bond motifs is 1. The van der Waals surface area contributed by atoms with Crippen LogP contribution in [0, 0.1) is 0 Å². The lowest BCUT2D eigenvalue weighted by Gasteiger charge is -2.26. The van der Waals surface area contributed by atoms with E-state index in [4.69, 9.17) is 16.3 Å². The molecule has 0 bridgehead atoms. The molecule has 0 aliphatic carbocycles. The number of Topliss-reactive ketones (excluding diaryl/α,β-unsaturated/α-hetero) is 1. The second-order valence-corrected chi connectivity index (χ2v) is 7.76. The van der Waals surface area contributed by atoms with Crippen molar-refractivity contribution in [3.05, 3.63) is 64.8 Å². The summed E-state index contributed by atoms with van der Waals surface area (Å²) in [6, 6.07) is 14.7. The van der Waals surface area contributed by atoms with Gasteiger partial charge in [0.25, 0.3) is 11.7 Å². The minimum atomic E-state index is -0.460. The first-order valence-corrected chi connectivity index (χ1v) is 10.2. The number of carbonyl (C=O) groups is 2. The molecule has 1 fully saturated rings. The summed E-state index contributed by atoms with van der Waals surface area (Å²) < 4.78 is 7.85. The van der Waals surface area contributed by atoms with Crippen LogP contribution in [0.15, 0.2) is 48.5 Å². The van der Waals surface area contributed by atoms with Crippen LogP contribution in [0.2, 0.25) is 5.02 Å². The van der Waals surface area contributed by atoms with Crippen molar-refractivity contribution in [1.82, 2.24) is 9.47 Å². The molecule has 2 aromatic carbocycles. The molecule has 5 nitrogen and oxygen atoms in total. The van der Waals surface area contributed by atoms with Gasteiger partial charge in [0, 0.05) is 36.1 Å². The summed E-state index contributed by atoms with van der Waals surface area (Å²) in [6.07, 6.45) is 2.99. The highest BCUT2D eigenvalue weighted by atomic mass is 35.5. The van der Waals surface area contributed by atoms with Gasteiger partial charge in [-0.15, -0.1) is 0 Å². The number of piperidine rings is 1. The van der Waals surface area contributed by atoms with E-state index in [1.54, 1.807) is 29.2 Å². The maximum atomic E-state index is 13.3. The zero-order chi connectivity index (χ0) is 20.4. The van der Waals surface area contributed by atoms with E-state index >= 15 is 0 Å². The summed E-state index contributed by atoms with van der Waals surface area (Å²) in [5.41, 5.74) is 2.03. The molecule has 0 spiro atoms. The first-order chi connectivity index (χ1) is 14.1. The number of carbonyl (C=O) groups excluding carboxylic acids is 2. The second kappa shape index (κ2) is 8.29. The Balaban J connectivity index is 1.69. The lowest BCUT2D eigenvalue weighted by molar-refractivity contribution is -0.127. The zero-order valence-electron chi connectivity index (χ0n) is 16.4. The molecule has 1 aromatic heterocycles. The fourth-order valence-electron chi connectivity index (χ4n) is 3.90. The highest BCUT2D eigenvalue weighted by Gasteiger charge is 2.30. The highest BCUT2D eigenvalue weighted by Crippen LogP contribution is 2.28. The van der Waals surface area contributed by atoms with Crippen LogP contribution in [0.4, 0.5) is 0 Å². The summed E-state index contributed by atoms with van der Waals surface area (Å²) in [5, 5.41) is 1.41. The first kappa shape index (κ1) is 19.5. The van der Waals surface area contributed by atoms with Crippen molar-refractivity contribution in [1.29, 1.82) is 0 Å². The number of para-hydroxylation sites is 1. The Hall–Kier alpha value is -2.79. The van der Waals surface area contributed by atoms with Crippen LogP contribution in [-0.4, -0.2) is 34.2 Å². The summed E-state index contributed by atoms with van der Waals surface area (Å²) in [6.45, 7) is 1.47. The van der Waals surface area contributed by atoms with Gasteiger partial charge < -0.3 is 14.2 Å². The SMILES string of the molecule is Cn1c(COc2ccc(Cl)cc2)c(C(=O)C(=O)N2CCCCC2)c2ccccc21. The lowest BCUT2D eigenvalue weighted by atomic mass is 10.0. The number of ketones is 1. The van der Waals surface area contributed by atoms with Crippen molar-refractivity contribution >= 4 is 34.2 Å². The molecule has 6 heteroatoms. The smallest absolute Gasteiger partial charge is 0.295 e. The molecular formula is C23H23ClN2O3. The van der Waals surface area contributed by atoms with Crippen LogP contribution in [0.1, 0.15) is 35.3 Å². The van der Waals surface area contributed by atoms with Crippen molar-refractivity contribution in [3.63, 3.8) is 0 Å². The summed E-state index contributed by atoms with van der Waals surface area (Å²) in [7, 11) is 1.89. The number of benzene rings is 2. The minimum absolute atomic E-state index is 0.182. The number of ether oxygens (including phenoxy) is 1. The summed E-state index contributed by atoms with van der Waals surface area (Å²) >= 11 is 5.94. The number of hydrogen-bond acceptors (Lipinski definition) is 3. The Labute approximate surface area is 174 Å². The molecule has 0 unspecified atom stereocenters. The summed E-state index contributed by atoms with van der Waals surface area (Å²) in [4.78, 5) is 27.9. The van der Waals surface area contributed by atoms with Crippen molar-refractivity contribution in [2.75, 3.05) is 13.1 Å². The highest BCUT2D eigenvalue weighted by molar-refractivity contribution is 6.45. The van der Waals surface area contributed by atoms with Crippen molar-refractivity contribution < 1.29 is 14.3 Å². The number of likely N-dealkylation sites (tertiary alicyclic amines) is 1. The van der Waals surface area contributed by atoms with Gasteiger partial charge in [-0.1, -0.05) is 29.8 Å². The maximum Gasteiger partial charge on any atom is 0.295 e. The number of aryl methyl sites for hydroxylation is 1. The number of halogens is 1. The van der Waals surface area contributed by atoms with E-state index in [1.165, 1.54) is 0 Å². The molecule has 1 aliphatic rings. The largest absolute Gasteiger partial charge is 0.487 e. The van der Waals surface area contributed by atoms with E-state index in [9.17, 15) is 9.59 Å². The maximum absolute atomic E-state index is 13.3. The van der Waals surface area contributed by atoms with E-state index in [0.29, 0.717) is 35.1 Å². The number of aromatic nitrogens is 1. The van der Waals surface area contributed by atoms with Gasteiger partial charge in [-0.25, -0.2) is 0 Å². The fraction of sp³-hybridized carbons (Fsp3) is 0.304. The predicted molar refractivity (Wildman–Crippen MR) is 113 cm³/mol. The molecule has 0 saturated carbocycles. The van der Waals surface area contributed by atoms with Gasteiger partial charge in [-0.2, -0.15) is 0 Å². The molecule has 1 saturated heterocycles. The quantitative estimate of drug-likeness (QED) is 0.456. The standard InChI is InChI=1S/C23H23ClN2O3/c1-25-19-8-4-3-7-18(19)21(22(27)23(28)26-13-5-2-6-14-26)20(25)15-29-17-11-9-16(24)10-12-17/h3-4,7-12H,2,5-6,13-15H2,1H3. The van der Waals surface area contributed by atoms with Gasteiger partial charge in [0.2, 0.25) is 0 Å². The number of nitrogens with zero attached hydrogens (tertiary/aromatic N) is 2. The van der Waals surface area contributed by atoms with Crippen molar-refractivity contribution in [2.24, 2.45) is 7.05 Å². The Kier molecular flexibility index (Phi) is 5.58. The normalized spacial score (nSPS) is 14.2. The third kappa shape index (κ3) is 3.87. The Morgan fingerprint density at radius 3 is 2.41 bits per heavy atom.